The molecule has 0 heteroatoms. The fraction of sp³-hybridized carbons (Fsp3) is 1.00. The fourth-order valence-corrected chi connectivity index (χ4v) is 4.35. The molecule has 0 aromatic heterocycles. The molecule has 4 unspecified atom stereocenters. The number of rotatable bonds is 1. The van der Waals surface area contributed by atoms with E-state index in [9.17, 15) is 0 Å². The molecular weight excluding hydrogens is 120 g/mol. The van der Waals surface area contributed by atoms with Gasteiger partial charge in [-0.1, -0.05) is 13.8 Å². The molecule has 0 heterocycles. The molecule has 0 bridgehead atoms. The Bertz CT molecular complexity index is 190. The molecule has 1 spiro atoms. The lowest BCUT2D eigenvalue weighted by Crippen LogP contribution is -2.50. The number of hydrogen-bond donors (Lipinski definition) is 0. The van der Waals surface area contributed by atoms with Crippen LogP contribution in [0.1, 0.15) is 39.5 Å². The highest BCUT2D eigenvalue weighted by atomic mass is 14.9. The van der Waals surface area contributed by atoms with Gasteiger partial charge in [-0.3, -0.25) is 0 Å². The van der Waals surface area contributed by atoms with Crippen LogP contribution in [-0.4, -0.2) is 0 Å². The zero-order chi connectivity index (χ0) is 6.98. The average Bonchev–Trinajstić information content (AvgIpc) is 2.56. The predicted molar refractivity (Wildman–Crippen MR) is 41.7 cm³/mol. The third kappa shape index (κ3) is 0.286. The van der Waals surface area contributed by atoms with Gasteiger partial charge in [0.1, 0.15) is 0 Å². The minimum atomic E-state index is 0.898. The molecule has 3 fully saturated rings. The van der Waals surface area contributed by atoms with Gasteiger partial charge in [0.15, 0.2) is 0 Å². The maximum absolute atomic E-state index is 2.47. The summed E-state index contributed by atoms with van der Waals surface area (Å²) in [6, 6.07) is 0. The molecule has 4 atom stereocenters. The van der Waals surface area contributed by atoms with Crippen molar-refractivity contribution in [3.05, 3.63) is 0 Å². The van der Waals surface area contributed by atoms with Crippen molar-refractivity contribution in [3.8, 4) is 0 Å². The Morgan fingerprint density at radius 2 is 2.30 bits per heavy atom. The van der Waals surface area contributed by atoms with Gasteiger partial charge in [0.25, 0.3) is 0 Å². The van der Waals surface area contributed by atoms with Gasteiger partial charge < -0.3 is 0 Å². The van der Waals surface area contributed by atoms with Crippen LogP contribution in [0.3, 0.4) is 0 Å². The minimum absolute atomic E-state index is 0.898. The van der Waals surface area contributed by atoms with E-state index in [1.807, 2.05) is 0 Å². The minimum Gasteiger partial charge on any atom is -0.0648 e. The van der Waals surface area contributed by atoms with Gasteiger partial charge in [-0.15, -0.1) is 0 Å². The van der Waals surface area contributed by atoms with Crippen molar-refractivity contribution in [2.75, 3.05) is 0 Å². The first-order valence-corrected chi connectivity index (χ1v) is 4.75. The molecule has 0 radical (unpaired) electrons. The van der Waals surface area contributed by atoms with Crippen molar-refractivity contribution in [1.82, 2.24) is 0 Å². The quantitative estimate of drug-likeness (QED) is 0.520. The van der Waals surface area contributed by atoms with E-state index in [0.29, 0.717) is 0 Å². The SMILES string of the molecule is CCC12CC3CC(C)C31C2. The van der Waals surface area contributed by atoms with E-state index in [1.54, 1.807) is 19.3 Å². The molecule has 3 rings (SSSR count). The largest absolute Gasteiger partial charge is 0.0648 e. The van der Waals surface area contributed by atoms with Crippen LogP contribution in [0.15, 0.2) is 0 Å². The molecule has 0 aliphatic heterocycles. The summed E-state index contributed by atoms with van der Waals surface area (Å²) < 4.78 is 0. The lowest BCUT2D eigenvalue weighted by Gasteiger charge is -2.57. The van der Waals surface area contributed by atoms with Gasteiger partial charge in [0, 0.05) is 0 Å². The van der Waals surface area contributed by atoms with Crippen LogP contribution < -0.4 is 0 Å². The molecule has 0 N–H and O–H groups in total. The Kier molecular flexibility index (Phi) is 0.669. The van der Waals surface area contributed by atoms with Gasteiger partial charge in [-0.05, 0) is 48.3 Å². The van der Waals surface area contributed by atoms with Crippen LogP contribution in [0.5, 0.6) is 0 Å². The van der Waals surface area contributed by atoms with E-state index in [2.05, 4.69) is 13.8 Å². The molecule has 3 aliphatic rings. The van der Waals surface area contributed by atoms with Crippen LogP contribution in [0, 0.1) is 22.7 Å². The molecule has 0 aromatic carbocycles. The van der Waals surface area contributed by atoms with Gasteiger partial charge >= 0.3 is 0 Å². The van der Waals surface area contributed by atoms with E-state index in [0.717, 1.165) is 16.7 Å². The van der Waals surface area contributed by atoms with Crippen LogP contribution in [-0.2, 0) is 0 Å². The summed E-state index contributed by atoms with van der Waals surface area (Å²) >= 11 is 0. The lowest BCUT2D eigenvalue weighted by atomic mass is 9.47. The Morgan fingerprint density at radius 1 is 1.50 bits per heavy atom. The van der Waals surface area contributed by atoms with E-state index in [-0.39, 0.29) is 0 Å². The second-order valence-electron chi connectivity index (χ2n) is 4.89. The summed E-state index contributed by atoms with van der Waals surface area (Å²) in [4.78, 5) is 0. The van der Waals surface area contributed by atoms with Crippen molar-refractivity contribution in [3.63, 3.8) is 0 Å². The summed E-state index contributed by atoms with van der Waals surface area (Å²) in [6.07, 6.45) is 6.21. The van der Waals surface area contributed by atoms with Crippen molar-refractivity contribution in [2.45, 2.75) is 39.5 Å². The third-order valence-electron chi connectivity index (χ3n) is 5.05. The van der Waals surface area contributed by atoms with E-state index in [1.165, 1.54) is 12.3 Å². The normalized spacial score (nSPS) is 69.0. The first-order valence-electron chi connectivity index (χ1n) is 4.75. The monoisotopic (exact) mass is 136 g/mol. The van der Waals surface area contributed by atoms with Crippen molar-refractivity contribution in [1.29, 1.82) is 0 Å². The topological polar surface area (TPSA) is 0 Å². The van der Waals surface area contributed by atoms with Gasteiger partial charge in [-0.25, -0.2) is 0 Å². The van der Waals surface area contributed by atoms with E-state index in [4.69, 9.17) is 0 Å². The Hall–Kier alpha value is 0. The van der Waals surface area contributed by atoms with Gasteiger partial charge in [0.05, 0.1) is 0 Å². The molecule has 0 saturated heterocycles. The zero-order valence-electron chi connectivity index (χ0n) is 6.98. The van der Waals surface area contributed by atoms with Gasteiger partial charge in [-0.2, -0.15) is 0 Å². The standard InChI is InChI=1S/C10H16/c1-3-9-5-8-4-7(2)10(8,9)6-9/h7-8H,3-6H2,1-2H3. The van der Waals surface area contributed by atoms with Crippen LogP contribution in [0.2, 0.25) is 0 Å². The molecule has 3 saturated carbocycles. The molecule has 0 nitrogen and oxygen atoms in total. The average molecular weight is 136 g/mol. The van der Waals surface area contributed by atoms with Crippen molar-refractivity contribution in [2.24, 2.45) is 22.7 Å². The van der Waals surface area contributed by atoms with Crippen molar-refractivity contribution >= 4 is 0 Å². The van der Waals surface area contributed by atoms with E-state index >= 15 is 0 Å². The number of hydrogen-bond acceptors (Lipinski definition) is 0. The highest BCUT2D eigenvalue weighted by Crippen LogP contribution is 2.91. The highest BCUT2D eigenvalue weighted by molar-refractivity contribution is 5.32. The van der Waals surface area contributed by atoms with Crippen LogP contribution in [0.4, 0.5) is 0 Å². The molecule has 3 aliphatic carbocycles. The Labute approximate surface area is 63.0 Å². The summed E-state index contributed by atoms with van der Waals surface area (Å²) in [5.74, 6) is 2.27. The van der Waals surface area contributed by atoms with E-state index < -0.39 is 0 Å². The molecule has 0 amide bonds. The fourth-order valence-electron chi connectivity index (χ4n) is 4.35. The second-order valence-corrected chi connectivity index (χ2v) is 4.89. The predicted octanol–water partition coefficient (Wildman–Crippen LogP) is 2.83. The summed E-state index contributed by atoms with van der Waals surface area (Å²) in [5.41, 5.74) is 1.83. The van der Waals surface area contributed by atoms with Crippen LogP contribution >= 0.6 is 0 Å². The molecule has 56 valence electrons. The maximum Gasteiger partial charge on any atom is -0.0181 e. The third-order valence-corrected chi connectivity index (χ3v) is 5.05. The zero-order valence-corrected chi connectivity index (χ0v) is 6.98. The summed E-state index contributed by atoms with van der Waals surface area (Å²) in [5, 5.41) is 0. The molecule has 0 aromatic rings. The lowest BCUT2D eigenvalue weighted by molar-refractivity contribution is -0.0863. The van der Waals surface area contributed by atoms with Crippen molar-refractivity contribution < 1.29 is 0 Å². The maximum atomic E-state index is 2.47. The molecule has 10 heavy (non-hydrogen) atoms. The smallest absolute Gasteiger partial charge is 0.0181 e. The Balaban J connectivity index is 1.92. The second kappa shape index (κ2) is 1.19. The first-order chi connectivity index (χ1) is 4.75. The van der Waals surface area contributed by atoms with Gasteiger partial charge in [0.2, 0.25) is 0 Å². The summed E-state index contributed by atoms with van der Waals surface area (Å²) in [6.45, 7) is 4.85. The first kappa shape index (κ1) is 5.62. The molecular formula is C10H16. The highest BCUT2D eigenvalue weighted by Gasteiger charge is 2.83. The Morgan fingerprint density at radius 3 is 2.60 bits per heavy atom. The van der Waals surface area contributed by atoms with Crippen LogP contribution in [0.25, 0.3) is 0 Å². The summed E-state index contributed by atoms with van der Waals surface area (Å²) in [7, 11) is 0.